The molecule has 1 N–H and O–H groups in total. The number of alkyl halides is 6. The lowest BCUT2D eigenvalue weighted by molar-refractivity contribution is -0.141. The van der Waals surface area contributed by atoms with Gasteiger partial charge in [0.15, 0.2) is 0 Å². The Morgan fingerprint density at radius 2 is 1.69 bits per heavy atom. The van der Waals surface area contributed by atoms with Crippen LogP contribution in [-0.4, -0.2) is 37.9 Å². The van der Waals surface area contributed by atoms with Crippen LogP contribution in [0.2, 0.25) is 0 Å². The molecule has 4 rings (SSSR count). The first-order chi connectivity index (χ1) is 18.5. The lowest BCUT2D eigenvalue weighted by Gasteiger charge is -2.20. The van der Waals surface area contributed by atoms with E-state index in [0.717, 1.165) is 44.3 Å². The van der Waals surface area contributed by atoms with E-state index in [9.17, 15) is 26.3 Å². The Bertz CT molecular complexity index is 1420. The van der Waals surface area contributed by atoms with E-state index in [-0.39, 0.29) is 16.9 Å². The predicted molar refractivity (Wildman–Crippen MR) is 136 cm³/mol. The number of pyridine rings is 2. The van der Waals surface area contributed by atoms with Crippen LogP contribution in [0.3, 0.4) is 0 Å². The molecule has 0 saturated carbocycles. The lowest BCUT2D eigenvalue weighted by atomic mass is 10.0. The molecule has 3 heterocycles. The minimum absolute atomic E-state index is 0.223. The molecular formula is C27H26F6N6. The van der Waals surface area contributed by atoms with Crippen LogP contribution in [0.5, 0.6) is 0 Å². The van der Waals surface area contributed by atoms with Crippen LogP contribution in [0.1, 0.15) is 43.8 Å². The van der Waals surface area contributed by atoms with Gasteiger partial charge in [-0.1, -0.05) is 26.3 Å². The van der Waals surface area contributed by atoms with Gasteiger partial charge in [0.25, 0.3) is 0 Å². The summed E-state index contributed by atoms with van der Waals surface area (Å²) in [5.41, 5.74) is -1.28. The zero-order valence-corrected chi connectivity index (χ0v) is 21.2. The second-order valence-corrected chi connectivity index (χ2v) is 8.89. The van der Waals surface area contributed by atoms with Gasteiger partial charge in [-0.15, -0.1) is 0 Å². The van der Waals surface area contributed by atoms with Gasteiger partial charge in [-0.25, -0.2) is 15.0 Å². The molecular weight excluding hydrogens is 522 g/mol. The van der Waals surface area contributed by atoms with E-state index >= 15 is 0 Å². The van der Waals surface area contributed by atoms with Crippen LogP contribution in [0.25, 0.3) is 22.2 Å². The number of anilines is 2. The molecule has 0 aliphatic rings. The van der Waals surface area contributed by atoms with Gasteiger partial charge < -0.3 is 5.32 Å². The molecule has 0 spiro atoms. The number of unbranched alkanes of at least 4 members (excludes halogenated alkanes) is 1. The van der Waals surface area contributed by atoms with Crippen LogP contribution in [0.15, 0.2) is 54.9 Å². The minimum atomic E-state index is -4.60. The van der Waals surface area contributed by atoms with Gasteiger partial charge in [-0.2, -0.15) is 26.3 Å². The Kier molecular flexibility index (Phi) is 8.34. The maximum absolute atomic E-state index is 13.6. The second-order valence-electron chi connectivity index (χ2n) is 8.89. The Hall–Kier alpha value is -3.80. The summed E-state index contributed by atoms with van der Waals surface area (Å²) in [6, 6.07) is 8.85. The van der Waals surface area contributed by atoms with E-state index in [0.29, 0.717) is 29.1 Å². The zero-order chi connectivity index (χ0) is 28.2. The van der Waals surface area contributed by atoms with Gasteiger partial charge in [-0.3, -0.25) is 9.88 Å². The van der Waals surface area contributed by atoms with Crippen LogP contribution >= 0.6 is 0 Å². The zero-order valence-electron chi connectivity index (χ0n) is 21.2. The van der Waals surface area contributed by atoms with Gasteiger partial charge in [0, 0.05) is 17.1 Å². The van der Waals surface area contributed by atoms with Crippen molar-refractivity contribution in [2.75, 3.05) is 18.4 Å². The normalized spacial score (nSPS) is 12.3. The molecule has 12 heteroatoms. The van der Waals surface area contributed by atoms with E-state index in [4.69, 9.17) is 0 Å². The van der Waals surface area contributed by atoms with Crippen molar-refractivity contribution < 1.29 is 26.3 Å². The third-order valence-corrected chi connectivity index (χ3v) is 6.09. The highest BCUT2D eigenvalue weighted by Gasteiger charge is 2.34. The van der Waals surface area contributed by atoms with Gasteiger partial charge in [0.1, 0.15) is 17.3 Å². The fourth-order valence-corrected chi connectivity index (χ4v) is 4.06. The van der Waals surface area contributed by atoms with E-state index in [2.05, 4.69) is 37.1 Å². The average molecular weight is 549 g/mol. The molecule has 0 bridgehead atoms. The molecule has 0 radical (unpaired) electrons. The molecule has 0 aliphatic heterocycles. The van der Waals surface area contributed by atoms with Crippen LogP contribution < -0.4 is 5.32 Å². The fourth-order valence-electron chi connectivity index (χ4n) is 4.06. The number of rotatable bonds is 9. The highest BCUT2D eigenvalue weighted by Crippen LogP contribution is 2.37. The molecule has 0 saturated heterocycles. The van der Waals surface area contributed by atoms with Crippen molar-refractivity contribution in [3.8, 4) is 11.3 Å². The molecule has 1 aromatic carbocycles. The van der Waals surface area contributed by atoms with E-state index in [1.54, 1.807) is 6.07 Å². The quantitative estimate of drug-likeness (QED) is 0.219. The first-order valence-electron chi connectivity index (χ1n) is 12.4. The molecule has 0 aliphatic carbocycles. The SMILES string of the molecule is CCCCN(CC)Cc1nc(Nc2ccc(C(F)(F)F)nc2)c2ccc(-c3ncccc3C(F)(F)F)cc2n1. The Balaban J connectivity index is 1.79. The predicted octanol–water partition coefficient (Wildman–Crippen LogP) is 7.49. The van der Waals surface area contributed by atoms with Crippen LogP contribution in [0.4, 0.5) is 37.8 Å². The van der Waals surface area contributed by atoms with Gasteiger partial charge in [-0.05, 0) is 55.9 Å². The molecule has 6 nitrogen and oxygen atoms in total. The topological polar surface area (TPSA) is 66.8 Å². The molecule has 206 valence electrons. The van der Waals surface area contributed by atoms with Gasteiger partial charge in [0.05, 0.1) is 35.2 Å². The highest BCUT2D eigenvalue weighted by atomic mass is 19.4. The first-order valence-corrected chi connectivity index (χ1v) is 12.4. The minimum Gasteiger partial charge on any atom is -0.338 e. The highest BCUT2D eigenvalue weighted by molar-refractivity contribution is 5.93. The first kappa shape index (κ1) is 28.2. The third kappa shape index (κ3) is 6.80. The molecule has 0 fully saturated rings. The molecule has 3 aromatic heterocycles. The summed E-state index contributed by atoms with van der Waals surface area (Å²) in [6.45, 7) is 6.00. The van der Waals surface area contributed by atoms with Crippen molar-refractivity contribution in [2.24, 2.45) is 0 Å². The number of hydrogen-bond donors (Lipinski definition) is 1. The summed E-state index contributed by atoms with van der Waals surface area (Å²) in [5.74, 6) is 0.712. The summed E-state index contributed by atoms with van der Waals surface area (Å²) in [7, 11) is 0. The van der Waals surface area contributed by atoms with Crippen molar-refractivity contribution in [1.29, 1.82) is 0 Å². The summed E-state index contributed by atoms with van der Waals surface area (Å²) in [6.07, 6.45) is -4.87. The van der Waals surface area contributed by atoms with Crippen molar-refractivity contribution in [3.63, 3.8) is 0 Å². The van der Waals surface area contributed by atoms with Gasteiger partial charge in [0.2, 0.25) is 0 Å². The number of benzene rings is 1. The summed E-state index contributed by atoms with van der Waals surface area (Å²) in [5, 5.41) is 3.48. The van der Waals surface area contributed by atoms with E-state index in [1.165, 1.54) is 30.5 Å². The summed E-state index contributed by atoms with van der Waals surface area (Å²) >= 11 is 0. The smallest absolute Gasteiger partial charge is 0.338 e. The van der Waals surface area contributed by atoms with Crippen LogP contribution in [-0.2, 0) is 18.9 Å². The number of fused-ring (bicyclic) bond motifs is 1. The monoisotopic (exact) mass is 548 g/mol. The van der Waals surface area contributed by atoms with Crippen LogP contribution in [0, 0.1) is 0 Å². The number of nitrogens with zero attached hydrogens (tertiary/aromatic N) is 5. The lowest BCUT2D eigenvalue weighted by Crippen LogP contribution is -2.25. The molecule has 4 aromatic rings. The van der Waals surface area contributed by atoms with Crippen molar-refractivity contribution >= 4 is 22.4 Å². The maximum Gasteiger partial charge on any atom is 0.433 e. The molecule has 39 heavy (non-hydrogen) atoms. The number of nitrogens with one attached hydrogen (secondary N) is 1. The van der Waals surface area contributed by atoms with E-state index in [1.807, 2.05) is 6.92 Å². The second kappa shape index (κ2) is 11.5. The summed E-state index contributed by atoms with van der Waals surface area (Å²) < 4.78 is 79.8. The Labute approximate surface area is 221 Å². The fraction of sp³-hybridized carbons (Fsp3) is 0.333. The number of halogens is 6. The van der Waals surface area contributed by atoms with Crippen molar-refractivity contribution in [2.45, 2.75) is 45.6 Å². The average Bonchev–Trinajstić information content (AvgIpc) is 2.90. The third-order valence-electron chi connectivity index (χ3n) is 6.09. The van der Waals surface area contributed by atoms with Crippen molar-refractivity contribution in [1.82, 2.24) is 24.8 Å². The van der Waals surface area contributed by atoms with Gasteiger partial charge >= 0.3 is 12.4 Å². The van der Waals surface area contributed by atoms with E-state index < -0.39 is 23.6 Å². The molecule has 0 amide bonds. The Morgan fingerprint density at radius 3 is 2.33 bits per heavy atom. The number of hydrogen-bond acceptors (Lipinski definition) is 6. The van der Waals surface area contributed by atoms with Crippen molar-refractivity contribution in [3.05, 3.63) is 71.9 Å². The Morgan fingerprint density at radius 1 is 0.897 bits per heavy atom. The molecule has 0 unspecified atom stereocenters. The number of aromatic nitrogens is 4. The molecule has 0 atom stereocenters. The summed E-state index contributed by atoms with van der Waals surface area (Å²) in [4.78, 5) is 18.8. The largest absolute Gasteiger partial charge is 0.433 e. The maximum atomic E-state index is 13.6. The standard InChI is InChI=1S/C27H26F6N6/c1-3-5-13-39(4-2)16-23-37-21-14-17(24-20(26(28,29)30)7-6-12-34-24)8-10-19(21)25(38-23)36-18-9-11-22(35-15-18)27(31,32)33/h6-12,14-15H,3-5,13,16H2,1-2H3,(H,36,37,38).